The van der Waals surface area contributed by atoms with E-state index in [4.69, 9.17) is 9.47 Å². The highest BCUT2D eigenvalue weighted by atomic mass is 16.6. The highest BCUT2D eigenvalue weighted by Crippen LogP contribution is 2.47. The molecule has 1 spiro atoms. The van der Waals surface area contributed by atoms with Crippen LogP contribution in [-0.2, 0) is 31.9 Å². The summed E-state index contributed by atoms with van der Waals surface area (Å²) >= 11 is 0. The molecule has 1 saturated heterocycles. The number of pyridine rings is 1. The van der Waals surface area contributed by atoms with E-state index < -0.39 is 29.1 Å². The van der Waals surface area contributed by atoms with E-state index >= 15 is 0 Å². The minimum atomic E-state index is -1.07. The van der Waals surface area contributed by atoms with Crippen molar-refractivity contribution in [3.05, 3.63) is 89.0 Å². The Balaban J connectivity index is 1.16. The Labute approximate surface area is 292 Å². The van der Waals surface area contributed by atoms with Gasteiger partial charge in [0.25, 0.3) is 0 Å². The number of aliphatic imine (C=N–C) groups is 1. The van der Waals surface area contributed by atoms with Gasteiger partial charge in [-0.25, -0.2) is 14.6 Å². The van der Waals surface area contributed by atoms with E-state index in [1.807, 2.05) is 42.0 Å². The van der Waals surface area contributed by atoms with Crippen molar-refractivity contribution in [3.63, 3.8) is 0 Å². The van der Waals surface area contributed by atoms with Gasteiger partial charge >= 0.3 is 12.1 Å². The quantitative estimate of drug-likeness (QED) is 0.172. The van der Waals surface area contributed by atoms with E-state index in [1.165, 1.54) is 12.6 Å². The molecule has 2 aromatic rings. The molecule has 4 atom stereocenters. The van der Waals surface area contributed by atoms with Crippen LogP contribution in [0.2, 0.25) is 0 Å². The van der Waals surface area contributed by atoms with Gasteiger partial charge in [0.2, 0.25) is 11.8 Å². The number of hydrogen-bond donors (Lipinski definition) is 3. The second kappa shape index (κ2) is 14.8. The van der Waals surface area contributed by atoms with Gasteiger partial charge in [-0.2, -0.15) is 0 Å². The molecule has 3 amide bonds. The summed E-state index contributed by atoms with van der Waals surface area (Å²) < 4.78 is 11.1. The van der Waals surface area contributed by atoms with Crippen molar-refractivity contribution >= 4 is 30.3 Å². The normalized spacial score (nSPS) is 23.4. The largest absolute Gasteiger partial charge is 0.482 e. The van der Waals surface area contributed by atoms with Crippen LogP contribution in [-0.4, -0.2) is 101 Å². The molecule has 3 unspecified atom stereocenters. The van der Waals surface area contributed by atoms with Gasteiger partial charge in [-0.3, -0.25) is 14.6 Å². The number of benzene rings is 1. The average Bonchev–Trinajstić information content (AvgIpc) is 3.56. The molecule has 2 aliphatic heterocycles. The number of nitrogens with zero attached hydrogens (tertiary/aromatic N) is 4. The van der Waals surface area contributed by atoms with Gasteiger partial charge in [0, 0.05) is 55.5 Å². The molecular formula is C37H46N6O7. The Morgan fingerprint density at radius 1 is 1.22 bits per heavy atom. The Hall–Kier alpha value is -5.04. The number of ether oxygens (including phenoxy) is 2. The van der Waals surface area contributed by atoms with Crippen LogP contribution in [0.5, 0.6) is 0 Å². The van der Waals surface area contributed by atoms with Crippen molar-refractivity contribution in [3.8, 4) is 0 Å². The maximum atomic E-state index is 13.7. The number of fused-ring (bicyclic) bond motifs is 1. The van der Waals surface area contributed by atoms with Gasteiger partial charge in [0.1, 0.15) is 24.1 Å². The second-order valence-corrected chi connectivity index (χ2v) is 14.1. The lowest BCUT2D eigenvalue weighted by atomic mass is 9.78. The first-order valence-electron chi connectivity index (χ1n) is 16.8. The summed E-state index contributed by atoms with van der Waals surface area (Å²) in [7, 11) is 1.94. The molecular weight excluding hydrogens is 640 g/mol. The molecule has 3 N–H and O–H groups in total. The zero-order chi connectivity index (χ0) is 36.2. The topological polar surface area (TPSA) is 163 Å². The smallest absolute Gasteiger partial charge is 0.408 e. The number of allylic oxidation sites excluding steroid dienone is 1. The zero-order valence-corrected chi connectivity index (χ0v) is 29.3. The Bertz CT molecular complexity index is 1700. The lowest BCUT2D eigenvalue weighted by Gasteiger charge is -2.43. The van der Waals surface area contributed by atoms with Gasteiger partial charge in [0.05, 0.1) is 11.0 Å². The Morgan fingerprint density at radius 3 is 2.64 bits per heavy atom. The maximum absolute atomic E-state index is 13.7. The molecule has 0 saturated carbocycles. The van der Waals surface area contributed by atoms with Gasteiger partial charge in [-0.1, -0.05) is 43.0 Å². The molecule has 3 aliphatic rings. The third-order valence-electron chi connectivity index (χ3n) is 9.54. The summed E-state index contributed by atoms with van der Waals surface area (Å²) in [4.78, 5) is 63.5. The number of nitrogens with one attached hydrogen (secondary N) is 2. The number of likely N-dealkylation sites (tertiary alicyclic amines) is 1. The minimum absolute atomic E-state index is 0.0283. The summed E-state index contributed by atoms with van der Waals surface area (Å²) in [6, 6.07) is 10.8. The number of amides is 3. The third-order valence-corrected chi connectivity index (χ3v) is 9.54. The van der Waals surface area contributed by atoms with Gasteiger partial charge in [-0.05, 0) is 64.8 Å². The molecule has 1 fully saturated rings. The van der Waals surface area contributed by atoms with E-state index in [0.29, 0.717) is 62.6 Å². The molecule has 5 rings (SSSR count). The fourth-order valence-electron chi connectivity index (χ4n) is 6.94. The molecule has 13 nitrogen and oxygen atoms in total. The number of carboxylic acids is 1. The molecule has 0 radical (unpaired) electrons. The second-order valence-electron chi connectivity index (χ2n) is 14.1. The van der Waals surface area contributed by atoms with Crippen molar-refractivity contribution in [2.75, 3.05) is 33.3 Å². The lowest BCUT2D eigenvalue weighted by molar-refractivity contribution is -0.140. The standard InChI is InChI=1S/C37H46N6O7/c1-7-28-31(41-34(47)37(28)19-25-17-26(33(45)46)21-38-30(25)20-37)39-22-49-16-15-42(6)13-14-43-23(2)27(24-11-9-8-10-12-24)18-29(32(43)44)40-35(48)50-36(3,4)5/h7-12,17,21-23,27,29H,1,13-16,18-20H2,2-6H3,(H,40,48)(H,41,47)(H,45,46)/t23?,27?,29?,37-/m0/s1. The summed E-state index contributed by atoms with van der Waals surface area (Å²) in [5.74, 6) is -1.09. The highest BCUT2D eigenvalue weighted by Gasteiger charge is 2.52. The molecule has 1 aromatic heterocycles. The predicted molar refractivity (Wildman–Crippen MR) is 186 cm³/mol. The van der Waals surface area contributed by atoms with E-state index in [2.05, 4.69) is 39.3 Å². The Morgan fingerprint density at radius 2 is 1.96 bits per heavy atom. The van der Waals surface area contributed by atoms with Crippen molar-refractivity contribution in [2.45, 2.75) is 70.6 Å². The number of carbonyl (C=O) groups is 4. The molecule has 3 heterocycles. The fourth-order valence-corrected chi connectivity index (χ4v) is 6.94. The number of rotatable bonds is 12. The van der Waals surface area contributed by atoms with Crippen LogP contribution >= 0.6 is 0 Å². The average molecular weight is 687 g/mol. The van der Waals surface area contributed by atoms with Crippen LogP contribution in [0.4, 0.5) is 4.79 Å². The summed E-state index contributed by atoms with van der Waals surface area (Å²) in [5, 5.41) is 15.0. The number of alkyl carbamates (subject to hydrolysis) is 1. The first-order chi connectivity index (χ1) is 23.7. The van der Waals surface area contributed by atoms with Crippen LogP contribution in [0.3, 0.4) is 0 Å². The number of hydrogen-bond acceptors (Lipinski definition) is 9. The van der Waals surface area contributed by atoms with Crippen molar-refractivity contribution in [1.82, 2.24) is 25.4 Å². The first-order valence-corrected chi connectivity index (χ1v) is 16.8. The van der Waals surface area contributed by atoms with E-state index in [1.54, 1.807) is 32.9 Å². The number of aromatic nitrogens is 1. The van der Waals surface area contributed by atoms with E-state index in [9.17, 15) is 24.3 Å². The monoisotopic (exact) mass is 686 g/mol. The van der Waals surface area contributed by atoms with Crippen LogP contribution < -0.4 is 10.6 Å². The maximum Gasteiger partial charge on any atom is 0.408 e. The first kappa shape index (κ1) is 36.2. The van der Waals surface area contributed by atoms with Crippen molar-refractivity contribution < 1.29 is 33.8 Å². The fraction of sp³-hybridized carbons (Fsp3) is 0.459. The number of carboxylic acid groups (broad SMARTS) is 1. The number of piperidine rings is 1. The SMILES string of the molecule is C=CC1=C(N=COCCN(C)CCN2C(=O)C(NC(=O)OC(C)(C)C)CC(c3ccccc3)C2C)NC(=O)[C@]12Cc1cc(C(=O)O)cnc1C2. The molecule has 1 aromatic carbocycles. The summed E-state index contributed by atoms with van der Waals surface area (Å²) in [6.07, 6.45) is 4.68. The molecule has 0 bridgehead atoms. The van der Waals surface area contributed by atoms with Crippen molar-refractivity contribution in [2.24, 2.45) is 10.4 Å². The van der Waals surface area contributed by atoms with Crippen LogP contribution in [0.1, 0.15) is 67.2 Å². The van der Waals surface area contributed by atoms with E-state index in [-0.39, 0.29) is 29.3 Å². The molecule has 266 valence electrons. The highest BCUT2D eigenvalue weighted by molar-refractivity contribution is 5.94. The summed E-state index contributed by atoms with van der Waals surface area (Å²) in [6.45, 7) is 13.2. The van der Waals surface area contributed by atoms with Gasteiger partial charge < -0.3 is 35.0 Å². The number of carbonyl (C=O) groups excluding carboxylic acids is 3. The zero-order valence-electron chi connectivity index (χ0n) is 29.3. The Kier molecular flexibility index (Phi) is 10.8. The minimum Gasteiger partial charge on any atom is -0.482 e. The lowest BCUT2D eigenvalue weighted by Crippen LogP contribution is -2.59. The van der Waals surface area contributed by atoms with Crippen LogP contribution in [0.15, 0.2) is 71.6 Å². The van der Waals surface area contributed by atoms with E-state index in [0.717, 1.165) is 11.1 Å². The van der Waals surface area contributed by atoms with Crippen LogP contribution in [0.25, 0.3) is 0 Å². The molecule has 13 heteroatoms. The predicted octanol–water partition coefficient (Wildman–Crippen LogP) is 3.67. The number of aromatic carboxylic acids is 1. The summed E-state index contributed by atoms with van der Waals surface area (Å²) in [5.41, 5.74) is 1.56. The van der Waals surface area contributed by atoms with Crippen LogP contribution in [0, 0.1) is 5.41 Å². The molecule has 1 aliphatic carbocycles. The molecule has 50 heavy (non-hydrogen) atoms. The number of likely N-dealkylation sites (N-methyl/N-ethyl adjacent to an activating group) is 1. The third kappa shape index (κ3) is 7.88. The van der Waals surface area contributed by atoms with Crippen molar-refractivity contribution in [1.29, 1.82) is 0 Å². The van der Waals surface area contributed by atoms with Gasteiger partial charge in [-0.15, -0.1) is 0 Å². The van der Waals surface area contributed by atoms with Gasteiger partial charge in [0.15, 0.2) is 6.40 Å².